The number of benzene rings is 2. The summed E-state index contributed by atoms with van der Waals surface area (Å²) < 4.78 is 41.4. The monoisotopic (exact) mass is 468 g/mol. The summed E-state index contributed by atoms with van der Waals surface area (Å²) >= 11 is 0.768. The van der Waals surface area contributed by atoms with Gasteiger partial charge in [-0.25, -0.2) is 0 Å². The van der Waals surface area contributed by atoms with Gasteiger partial charge < -0.3 is 0 Å². The summed E-state index contributed by atoms with van der Waals surface area (Å²) in [6.45, 7) is 0. The van der Waals surface area contributed by atoms with E-state index < -0.39 is 11.7 Å². The van der Waals surface area contributed by atoms with E-state index in [4.69, 9.17) is 0 Å². The van der Waals surface area contributed by atoms with Crippen LogP contribution in [0.5, 0.6) is 0 Å². The third-order valence-corrected chi connectivity index (χ3v) is 4.57. The molecule has 1 heterocycles. The Labute approximate surface area is 129 Å². The van der Waals surface area contributed by atoms with E-state index in [-0.39, 0.29) is 0 Å². The summed E-state index contributed by atoms with van der Waals surface area (Å²) in [4.78, 5) is 0. The van der Waals surface area contributed by atoms with Gasteiger partial charge in [-0.1, -0.05) is 0 Å². The van der Waals surface area contributed by atoms with Crippen molar-refractivity contribution in [1.82, 2.24) is 4.57 Å². The zero-order valence-corrected chi connectivity index (χ0v) is 14.2. The molecule has 99 valence electrons. The Morgan fingerprint density at radius 3 is 2.40 bits per heavy atom. The molecule has 3 rings (SSSR count). The van der Waals surface area contributed by atoms with Crippen LogP contribution in [0.2, 0.25) is 0 Å². The van der Waals surface area contributed by atoms with Crippen molar-refractivity contribution in [2.45, 2.75) is 6.18 Å². The van der Waals surface area contributed by atoms with E-state index in [1.165, 1.54) is 12.1 Å². The van der Waals surface area contributed by atoms with Crippen LogP contribution in [0.25, 0.3) is 16.6 Å². The fraction of sp³-hybridized carbons (Fsp3) is 0.0667. The molecule has 1 nitrogen and oxygen atoms in total. The molecule has 3 radical (unpaired) electrons. The van der Waals surface area contributed by atoms with Gasteiger partial charge in [-0.05, 0) is 0 Å². The van der Waals surface area contributed by atoms with Crippen molar-refractivity contribution in [1.29, 1.82) is 0 Å². The maximum absolute atomic E-state index is 12.8. The van der Waals surface area contributed by atoms with Gasteiger partial charge in [0.05, 0.1) is 0 Å². The Bertz CT molecular complexity index is 774. The van der Waals surface area contributed by atoms with Crippen molar-refractivity contribution in [3.63, 3.8) is 0 Å². The molecule has 0 amide bonds. The Hall–Kier alpha value is -1.31. The minimum absolute atomic E-state index is 0.561. The van der Waals surface area contributed by atoms with Gasteiger partial charge in [0.1, 0.15) is 0 Å². The number of aromatic nitrogens is 1. The van der Waals surface area contributed by atoms with E-state index >= 15 is 0 Å². The molecule has 0 aliphatic rings. The molecule has 0 bridgehead atoms. The van der Waals surface area contributed by atoms with Gasteiger partial charge in [-0.3, -0.25) is 0 Å². The van der Waals surface area contributed by atoms with Gasteiger partial charge >= 0.3 is 130 Å². The van der Waals surface area contributed by atoms with Crippen LogP contribution in [-0.2, 0) is 6.18 Å². The Balaban J connectivity index is 2.24. The van der Waals surface area contributed by atoms with Crippen molar-refractivity contribution in [2.75, 3.05) is 0 Å². The number of hydrogen-bond acceptors (Lipinski definition) is 0. The second-order valence-corrected chi connectivity index (χ2v) is 6.46. The molecule has 0 saturated heterocycles. The van der Waals surface area contributed by atoms with Crippen molar-refractivity contribution in [3.8, 4) is 5.69 Å². The number of para-hydroxylation sites is 1. The van der Waals surface area contributed by atoms with Crippen LogP contribution in [0.4, 0.5) is 13.2 Å². The van der Waals surface area contributed by atoms with Gasteiger partial charge in [-0.15, -0.1) is 0 Å². The van der Waals surface area contributed by atoms with Crippen molar-refractivity contribution < 1.29 is 13.2 Å². The summed E-state index contributed by atoms with van der Waals surface area (Å²) in [5.74, 6) is 0. The molecule has 0 unspecified atom stereocenters. The summed E-state index contributed by atoms with van der Waals surface area (Å²) in [6, 6.07) is 15.2. The zero-order chi connectivity index (χ0) is 14.3. The van der Waals surface area contributed by atoms with Gasteiger partial charge in [0.15, 0.2) is 0 Å². The van der Waals surface area contributed by atoms with Gasteiger partial charge in [0, 0.05) is 0 Å². The van der Waals surface area contributed by atoms with Crippen molar-refractivity contribution >= 4 is 39.9 Å². The van der Waals surface area contributed by atoms with Crippen LogP contribution in [-0.4, -0.2) is 30.3 Å². The van der Waals surface area contributed by atoms with Crippen LogP contribution in [0.1, 0.15) is 5.56 Å². The van der Waals surface area contributed by atoms with Gasteiger partial charge in [0.25, 0.3) is 0 Å². The summed E-state index contributed by atoms with van der Waals surface area (Å²) in [6.07, 6.45) is -4.32. The standard InChI is InChI=1S/C15H9F3N.Pb/c16-15(17,18)12-5-3-6-13(10-12)19-9-8-11-4-1-2-7-14(11)19;/h1-8,10H;. The molecule has 5 heteroatoms. The van der Waals surface area contributed by atoms with Crippen molar-refractivity contribution in [2.24, 2.45) is 0 Å². The van der Waals surface area contributed by atoms with Gasteiger partial charge in [-0.2, -0.15) is 0 Å². The summed E-state index contributed by atoms with van der Waals surface area (Å²) in [5.41, 5.74) is 0.886. The molecular formula is C15H9F3NPb. The van der Waals surface area contributed by atoms with E-state index in [9.17, 15) is 13.2 Å². The number of halogens is 3. The fourth-order valence-corrected chi connectivity index (χ4v) is 3.83. The predicted octanol–water partition coefficient (Wildman–Crippen LogP) is 3.44. The van der Waals surface area contributed by atoms with Crippen LogP contribution < -0.4 is 3.25 Å². The average Bonchev–Trinajstić information content (AvgIpc) is 2.73. The average molecular weight is 467 g/mol. The van der Waals surface area contributed by atoms with E-state index in [0.29, 0.717) is 5.69 Å². The molecule has 2 aromatic carbocycles. The molecule has 0 aliphatic carbocycles. The number of nitrogens with zero attached hydrogens (tertiary/aromatic N) is 1. The molecule has 20 heavy (non-hydrogen) atoms. The molecule has 1 aromatic heterocycles. The molecule has 0 atom stereocenters. The molecule has 0 saturated carbocycles. The summed E-state index contributed by atoms with van der Waals surface area (Å²) in [7, 11) is 0. The van der Waals surface area contributed by atoms with E-state index in [1.54, 1.807) is 6.07 Å². The van der Waals surface area contributed by atoms with Gasteiger partial charge in [0.2, 0.25) is 0 Å². The first-order valence-corrected chi connectivity index (χ1v) is 7.91. The van der Waals surface area contributed by atoms with E-state index in [0.717, 1.165) is 46.0 Å². The normalized spacial score (nSPS) is 12.0. The Morgan fingerprint density at radius 2 is 1.65 bits per heavy atom. The molecule has 0 spiro atoms. The predicted molar refractivity (Wildman–Crippen MR) is 73.7 cm³/mol. The second-order valence-electron chi connectivity index (χ2n) is 4.47. The third kappa shape index (κ3) is 2.36. The SMILES string of the molecule is FC(F)(F)c1cccc(-n2[c]([Pb])cc3ccccc32)c1. The zero-order valence-electron chi connectivity index (χ0n) is 10.3. The van der Waals surface area contributed by atoms with E-state index in [1.807, 2.05) is 34.9 Å². The Morgan fingerprint density at radius 1 is 0.900 bits per heavy atom. The summed E-state index contributed by atoms with van der Waals surface area (Å²) in [5, 5.41) is 1.05. The van der Waals surface area contributed by atoms with Crippen LogP contribution in [0.3, 0.4) is 0 Å². The second kappa shape index (κ2) is 4.91. The minimum atomic E-state index is -4.32. The molecule has 0 N–H and O–H groups in total. The van der Waals surface area contributed by atoms with Crippen LogP contribution >= 0.6 is 0 Å². The maximum atomic E-state index is 12.8. The molecule has 0 aliphatic heterocycles. The number of alkyl halides is 3. The quantitative estimate of drug-likeness (QED) is 0.484. The third-order valence-electron chi connectivity index (χ3n) is 3.14. The number of fused-ring (bicyclic) bond motifs is 1. The van der Waals surface area contributed by atoms with Crippen molar-refractivity contribution in [3.05, 3.63) is 60.2 Å². The molecule has 0 fully saturated rings. The van der Waals surface area contributed by atoms with E-state index in [2.05, 4.69) is 0 Å². The number of hydrogen-bond donors (Lipinski definition) is 0. The first-order chi connectivity index (χ1) is 9.47. The van der Waals surface area contributed by atoms with Crippen LogP contribution in [0.15, 0.2) is 54.6 Å². The molecule has 3 aromatic rings. The number of rotatable bonds is 1. The first-order valence-electron chi connectivity index (χ1n) is 5.96. The topological polar surface area (TPSA) is 4.93 Å². The Kier molecular flexibility index (Phi) is 3.35. The van der Waals surface area contributed by atoms with Crippen LogP contribution in [0, 0.1) is 0 Å². The molecular weight excluding hydrogens is 458 g/mol. The fourth-order valence-electron chi connectivity index (χ4n) is 2.25. The first kappa shape index (κ1) is 13.7.